The van der Waals surface area contributed by atoms with Gasteiger partial charge in [-0.05, 0) is 43.5 Å². The highest BCUT2D eigenvalue weighted by atomic mass is 14.8. The van der Waals surface area contributed by atoms with Crippen molar-refractivity contribution in [2.75, 3.05) is 0 Å². The van der Waals surface area contributed by atoms with Crippen LogP contribution in [0, 0.1) is 13.8 Å². The standard InChI is InChI=1S/C15H18N2/c1-11-4-3-5-13(8-11)10-14(16)15-9-12(2)6-7-17-15/h3-9,14H,10,16H2,1-2H3. The van der Waals surface area contributed by atoms with Gasteiger partial charge in [0.2, 0.25) is 0 Å². The van der Waals surface area contributed by atoms with Crippen LogP contribution >= 0.6 is 0 Å². The smallest absolute Gasteiger partial charge is 0.0577 e. The molecule has 17 heavy (non-hydrogen) atoms. The zero-order chi connectivity index (χ0) is 12.3. The lowest BCUT2D eigenvalue weighted by molar-refractivity contribution is 0.695. The number of pyridine rings is 1. The highest BCUT2D eigenvalue weighted by Crippen LogP contribution is 2.15. The van der Waals surface area contributed by atoms with Gasteiger partial charge in [-0.1, -0.05) is 29.8 Å². The summed E-state index contributed by atoms with van der Waals surface area (Å²) in [6, 6.07) is 12.5. The van der Waals surface area contributed by atoms with Crippen LogP contribution in [0.3, 0.4) is 0 Å². The molecular weight excluding hydrogens is 208 g/mol. The van der Waals surface area contributed by atoms with Crippen LogP contribution in [0.2, 0.25) is 0 Å². The van der Waals surface area contributed by atoms with Crippen molar-refractivity contribution in [3.63, 3.8) is 0 Å². The first-order valence-electron chi connectivity index (χ1n) is 5.89. The second-order valence-corrected chi connectivity index (χ2v) is 4.56. The summed E-state index contributed by atoms with van der Waals surface area (Å²) >= 11 is 0. The van der Waals surface area contributed by atoms with Gasteiger partial charge >= 0.3 is 0 Å². The van der Waals surface area contributed by atoms with Gasteiger partial charge in [0.25, 0.3) is 0 Å². The van der Waals surface area contributed by atoms with Gasteiger partial charge in [-0.3, -0.25) is 4.98 Å². The van der Waals surface area contributed by atoms with E-state index in [1.807, 2.05) is 12.3 Å². The van der Waals surface area contributed by atoms with Crippen LogP contribution in [0.5, 0.6) is 0 Å². The average molecular weight is 226 g/mol. The molecule has 0 bridgehead atoms. The molecule has 1 unspecified atom stereocenters. The molecule has 0 fully saturated rings. The molecule has 0 saturated heterocycles. The van der Waals surface area contributed by atoms with Crippen LogP contribution in [-0.4, -0.2) is 4.98 Å². The van der Waals surface area contributed by atoms with E-state index in [1.54, 1.807) is 0 Å². The minimum Gasteiger partial charge on any atom is -0.322 e. The number of aromatic nitrogens is 1. The van der Waals surface area contributed by atoms with Crippen LogP contribution in [0.1, 0.15) is 28.4 Å². The fourth-order valence-electron chi connectivity index (χ4n) is 1.96. The maximum Gasteiger partial charge on any atom is 0.0577 e. The SMILES string of the molecule is Cc1cccc(CC(N)c2cc(C)ccn2)c1. The molecule has 1 heterocycles. The van der Waals surface area contributed by atoms with E-state index >= 15 is 0 Å². The molecule has 1 aromatic heterocycles. The lowest BCUT2D eigenvalue weighted by Gasteiger charge is -2.12. The van der Waals surface area contributed by atoms with Gasteiger partial charge < -0.3 is 5.73 Å². The van der Waals surface area contributed by atoms with E-state index in [4.69, 9.17) is 5.73 Å². The summed E-state index contributed by atoms with van der Waals surface area (Å²) < 4.78 is 0. The summed E-state index contributed by atoms with van der Waals surface area (Å²) in [6.07, 6.45) is 2.65. The predicted molar refractivity (Wildman–Crippen MR) is 70.8 cm³/mol. The maximum absolute atomic E-state index is 6.18. The topological polar surface area (TPSA) is 38.9 Å². The highest BCUT2D eigenvalue weighted by Gasteiger charge is 2.08. The number of rotatable bonds is 3. The summed E-state index contributed by atoms with van der Waals surface area (Å²) in [4.78, 5) is 4.33. The molecule has 2 N–H and O–H groups in total. The molecule has 0 amide bonds. The van der Waals surface area contributed by atoms with Crippen LogP contribution in [0.15, 0.2) is 42.6 Å². The Balaban J connectivity index is 2.14. The Bertz CT molecular complexity index is 506. The Morgan fingerprint density at radius 1 is 1.12 bits per heavy atom. The number of nitrogens with zero attached hydrogens (tertiary/aromatic N) is 1. The summed E-state index contributed by atoms with van der Waals surface area (Å²) in [5.74, 6) is 0. The summed E-state index contributed by atoms with van der Waals surface area (Å²) in [7, 11) is 0. The minimum atomic E-state index is -0.0308. The van der Waals surface area contributed by atoms with Crippen molar-refractivity contribution in [2.24, 2.45) is 5.73 Å². The highest BCUT2D eigenvalue weighted by molar-refractivity contribution is 5.25. The summed E-state index contributed by atoms with van der Waals surface area (Å²) in [5, 5.41) is 0. The minimum absolute atomic E-state index is 0.0308. The molecule has 0 aliphatic rings. The number of nitrogens with two attached hydrogens (primary N) is 1. The molecule has 1 aromatic carbocycles. The van der Waals surface area contributed by atoms with Gasteiger partial charge in [0.1, 0.15) is 0 Å². The van der Waals surface area contributed by atoms with Gasteiger partial charge in [-0.25, -0.2) is 0 Å². The number of hydrogen-bond donors (Lipinski definition) is 1. The van der Waals surface area contributed by atoms with E-state index in [9.17, 15) is 0 Å². The molecule has 0 aliphatic heterocycles. The van der Waals surface area contributed by atoms with Gasteiger partial charge in [-0.2, -0.15) is 0 Å². The Hall–Kier alpha value is -1.67. The molecule has 2 aromatic rings. The predicted octanol–water partition coefficient (Wildman–Crippen LogP) is 2.94. The first kappa shape index (κ1) is 11.8. The Kier molecular flexibility index (Phi) is 3.55. The molecule has 0 aliphatic carbocycles. The third kappa shape index (κ3) is 3.14. The van der Waals surface area contributed by atoms with E-state index in [0.29, 0.717) is 0 Å². The number of aryl methyl sites for hydroxylation is 2. The van der Waals surface area contributed by atoms with Gasteiger partial charge in [0.05, 0.1) is 11.7 Å². The second-order valence-electron chi connectivity index (χ2n) is 4.56. The van der Waals surface area contributed by atoms with Crippen LogP contribution in [0.4, 0.5) is 0 Å². The van der Waals surface area contributed by atoms with E-state index < -0.39 is 0 Å². The lowest BCUT2D eigenvalue weighted by Crippen LogP contribution is -2.15. The van der Waals surface area contributed by atoms with Crippen molar-refractivity contribution in [3.05, 3.63) is 65.0 Å². The van der Waals surface area contributed by atoms with Gasteiger partial charge in [0, 0.05) is 6.20 Å². The van der Waals surface area contributed by atoms with Crippen LogP contribution < -0.4 is 5.73 Å². The summed E-state index contributed by atoms with van der Waals surface area (Å²) in [6.45, 7) is 4.16. The number of hydrogen-bond acceptors (Lipinski definition) is 2. The van der Waals surface area contributed by atoms with E-state index in [-0.39, 0.29) is 6.04 Å². The van der Waals surface area contributed by atoms with Crippen LogP contribution in [0.25, 0.3) is 0 Å². The van der Waals surface area contributed by atoms with Gasteiger partial charge in [-0.15, -0.1) is 0 Å². The normalized spacial score (nSPS) is 12.4. The van der Waals surface area contributed by atoms with E-state index in [1.165, 1.54) is 16.7 Å². The Labute approximate surface area is 103 Å². The van der Waals surface area contributed by atoms with E-state index in [0.717, 1.165) is 12.1 Å². The molecular formula is C15H18N2. The molecule has 2 heteroatoms. The molecule has 88 valence electrons. The van der Waals surface area contributed by atoms with Crippen molar-refractivity contribution in [3.8, 4) is 0 Å². The molecule has 2 rings (SSSR count). The lowest BCUT2D eigenvalue weighted by atomic mass is 10.0. The molecule has 1 atom stereocenters. The van der Waals surface area contributed by atoms with Crippen molar-refractivity contribution < 1.29 is 0 Å². The largest absolute Gasteiger partial charge is 0.322 e. The zero-order valence-electron chi connectivity index (χ0n) is 10.4. The molecule has 0 radical (unpaired) electrons. The fraction of sp³-hybridized carbons (Fsp3) is 0.267. The van der Waals surface area contributed by atoms with Crippen LogP contribution in [-0.2, 0) is 6.42 Å². The van der Waals surface area contributed by atoms with Crippen molar-refractivity contribution in [2.45, 2.75) is 26.3 Å². The Morgan fingerprint density at radius 3 is 2.59 bits per heavy atom. The fourth-order valence-corrected chi connectivity index (χ4v) is 1.96. The number of benzene rings is 1. The van der Waals surface area contributed by atoms with Crippen molar-refractivity contribution in [1.29, 1.82) is 0 Å². The first-order chi connectivity index (χ1) is 8.15. The van der Waals surface area contributed by atoms with Crippen molar-refractivity contribution >= 4 is 0 Å². The monoisotopic (exact) mass is 226 g/mol. The Morgan fingerprint density at radius 2 is 1.88 bits per heavy atom. The second kappa shape index (κ2) is 5.11. The maximum atomic E-state index is 6.18. The summed E-state index contributed by atoms with van der Waals surface area (Å²) in [5.41, 5.74) is 10.9. The van der Waals surface area contributed by atoms with Gasteiger partial charge in [0.15, 0.2) is 0 Å². The third-order valence-corrected chi connectivity index (χ3v) is 2.85. The third-order valence-electron chi connectivity index (χ3n) is 2.85. The molecule has 2 nitrogen and oxygen atoms in total. The quantitative estimate of drug-likeness (QED) is 0.874. The first-order valence-corrected chi connectivity index (χ1v) is 5.89. The zero-order valence-corrected chi connectivity index (χ0v) is 10.4. The molecule has 0 saturated carbocycles. The average Bonchev–Trinajstić information content (AvgIpc) is 2.29. The molecule has 0 spiro atoms. The van der Waals surface area contributed by atoms with E-state index in [2.05, 4.69) is 49.2 Å². The van der Waals surface area contributed by atoms with Crippen molar-refractivity contribution in [1.82, 2.24) is 4.98 Å².